The van der Waals surface area contributed by atoms with E-state index in [0.717, 1.165) is 42.5 Å². The Hall–Kier alpha value is -1.91. The number of benzene rings is 2. The van der Waals surface area contributed by atoms with E-state index in [4.69, 9.17) is 14.5 Å². The van der Waals surface area contributed by atoms with Gasteiger partial charge in [0.2, 0.25) is 0 Å². The highest BCUT2D eigenvalue weighted by Gasteiger charge is 2.23. The zero-order valence-corrected chi connectivity index (χ0v) is 20.5. The van der Waals surface area contributed by atoms with Crippen molar-refractivity contribution in [1.82, 2.24) is 15.5 Å². The van der Waals surface area contributed by atoms with Crippen molar-refractivity contribution in [2.45, 2.75) is 19.5 Å². The molecule has 1 atom stereocenters. The van der Waals surface area contributed by atoms with Gasteiger partial charge in [0, 0.05) is 26.2 Å². The molecule has 2 N–H and O–H groups in total. The van der Waals surface area contributed by atoms with E-state index in [9.17, 15) is 4.39 Å². The van der Waals surface area contributed by atoms with Gasteiger partial charge in [0.25, 0.3) is 0 Å². The van der Waals surface area contributed by atoms with E-state index >= 15 is 0 Å². The van der Waals surface area contributed by atoms with Crippen LogP contribution in [-0.2, 0) is 11.3 Å². The number of ether oxygens (including phenoxy) is 2. The van der Waals surface area contributed by atoms with Crippen LogP contribution in [0.2, 0.25) is 0 Å². The van der Waals surface area contributed by atoms with E-state index < -0.39 is 0 Å². The van der Waals surface area contributed by atoms with E-state index in [-0.39, 0.29) is 35.8 Å². The summed E-state index contributed by atoms with van der Waals surface area (Å²) < 4.78 is 24.2. The molecule has 1 aliphatic rings. The molecule has 0 radical (unpaired) electrons. The van der Waals surface area contributed by atoms with Gasteiger partial charge in [-0.25, -0.2) is 9.38 Å². The molecule has 3 rings (SSSR count). The van der Waals surface area contributed by atoms with E-state index in [1.165, 1.54) is 12.1 Å². The minimum Gasteiger partial charge on any atom is -0.497 e. The van der Waals surface area contributed by atoms with E-state index in [1.54, 1.807) is 7.11 Å². The van der Waals surface area contributed by atoms with Crippen LogP contribution in [0.15, 0.2) is 53.5 Å². The maximum absolute atomic E-state index is 13.4. The largest absolute Gasteiger partial charge is 0.497 e. The summed E-state index contributed by atoms with van der Waals surface area (Å²) in [6.45, 7) is 7.14. The number of nitrogens with one attached hydrogen (secondary N) is 2. The third-order valence-electron chi connectivity index (χ3n) is 5.10. The SMILES string of the molecule is CCNC(=NCc1cccc(OC)c1)NCC(c1ccc(F)cc1)N1CCOCC1.I. The lowest BCUT2D eigenvalue weighted by atomic mass is 10.0. The number of aliphatic imine (C=N–C) groups is 1. The molecule has 1 heterocycles. The summed E-state index contributed by atoms with van der Waals surface area (Å²) in [6, 6.07) is 14.8. The topological polar surface area (TPSA) is 58.1 Å². The molecule has 31 heavy (non-hydrogen) atoms. The third kappa shape index (κ3) is 7.93. The van der Waals surface area contributed by atoms with Crippen LogP contribution in [0.25, 0.3) is 0 Å². The molecular formula is C23H32FIN4O2. The lowest BCUT2D eigenvalue weighted by Crippen LogP contribution is -2.46. The Morgan fingerprint density at radius 2 is 1.90 bits per heavy atom. The summed E-state index contributed by atoms with van der Waals surface area (Å²) in [7, 11) is 1.66. The maximum Gasteiger partial charge on any atom is 0.191 e. The number of hydrogen-bond acceptors (Lipinski definition) is 4. The van der Waals surface area contributed by atoms with Gasteiger partial charge in [0.1, 0.15) is 11.6 Å². The Bertz CT molecular complexity index is 813. The summed E-state index contributed by atoms with van der Waals surface area (Å²) in [4.78, 5) is 7.09. The van der Waals surface area contributed by atoms with Crippen molar-refractivity contribution in [1.29, 1.82) is 0 Å². The van der Waals surface area contributed by atoms with Gasteiger partial charge in [-0.15, -0.1) is 24.0 Å². The molecule has 0 aliphatic carbocycles. The second kappa shape index (κ2) is 13.5. The first kappa shape index (κ1) is 25.4. The van der Waals surface area contributed by atoms with Crippen LogP contribution in [0.3, 0.4) is 0 Å². The highest BCUT2D eigenvalue weighted by Crippen LogP contribution is 2.21. The van der Waals surface area contributed by atoms with Gasteiger partial charge in [-0.1, -0.05) is 24.3 Å². The first-order chi connectivity index (χ1) is 14.7. The molecule has 0 saturated carbocycles. The third-order valence-corrected chi connectivity index (χ3v) is 5.10. The molecule has 6 nitrogen and oxygen atoms in total. The molecule has 0 aromatic heterocycles. The zero-order valence-electron chi connectivity index (χ0n) is 18.1. The summed E-state index contributed by atoms with van der Waals surface area (Å²) in [5.74, 6) is 1.35. The van der Waals surface area contributed by atoms with E-state index in [1.807, 2.05) is 43.3 Å². The van der Waals surface area contributed by atoms with Crippen LogP contribution in [0.4, 0.5) is 4.39 Å². The Labute approximate surface area is 201 Å². The van der Waals surface area contributed by atoms with Crippen molar-refractivity contribution < 1.29 is 13.9 Å². The molecule has 8 heteroatoms. The first-order valence-corrected chi connectivity index (χ1v) is 10.4. The normalized spacial score (nSPS) is 15.6. The number of guanidine groups is 1. The Balaban J connectivity index is 0.00000341. The Morgan fingerprint density at radius 1 is 1.16 bits per heavy atom. The molecule has 2 aromatic carbocycles. The van der Waals surface area contributed by atoms with Gasteiger partial charge in [0.05, 0.1) is 32.9 Å². The molecule has 0 amide bonds. The fraction of sp³-hybridized carbons (Fsp3) is 0.435. The van der Waals surface area contributed by atoms with Crippen LogP contribution in [0, 0.1) is 5.82 Å². The molecule has 1 unspecified atom stereocenters. The number of nitrogens with zero attached hydrogens (tertiary/aromatic N) is 2. The van der Waals surface area contributed by atoms with Gasteiger partial charge in [-0.3, -0.25) is 4.90 Å². The lowest BCUT2D eigenvalue weighted by Gasteiger charge is -2.35. The predicted molar refractivity (Wildman–Crippen MR) is 133 cm³/mol. The molecule has 1 aliphatic heterocycles. The van der Waals surface area contributed by atoms with Crippen LogP contribution < -0.4 is 15.4 Å². The summed E-state index contributed by atoms with van der Waals surface area (Å²) in [6.07, 6.45) is 0. The summed E-state index contributed by atoms with van der Waals surface area (Å²) >= 11 is 0. The average molecular weight is 542 g/mol. The van der Waals surface area contributed by atoms with Crippen LogP contribution in [-0.4, -0.2) is 57.4 Å². The highest BCUT2D eigenvalue weighted by molar-refractivity contribution is 14.0. The standard InChI is InChI=1S/C23H31FN4O2.HI/c1-3-25-23(26-16-18-5-4-6-21(15-18)29-2)27-17-22(28-11-13-30-14-12-28)19-7-9-20(24)10-8-19;/h4-10,15,22H,3,11-14,16-17H2,1-2H3,(H2,25,26,27);1H. The molecule has 0 spiro atoms. The minimum atomic E-state index is -0.222. The second-order valence-corrected chi connectivity index (χ2v) is 7.14. The molecule has 0 bridgehead atoms. The van der Waals surface area contributed by atoms with Crippen LogP contribution in [0.5, 0.6) is 5.75 Å². The van der Waals surface area contributed by atoms with Gasteiger partial charge in [0.15, 0.2) is 5.96 Å². The quantitative estimate of drug-likeness (QED) is 0.304. The van der Waals surface area contributed by atoms with Gasteiger partial charge >= 0.3 is 0 Å². The minimum absolute atomic E-state index is 0. The van der Waals surface area contributed by atoms with E-state index in [0.29, 0.717) is 26.3 Å². The predicted octanol–water partition coefficient (Wildman–Crippen LogP) is 3.58. The second-order valence-electron chi connectivity index (χ2n) is 7.14. The molecule has 170 valence electrons. The van der Waals surface area contributed by atoms with E-state index in [2.05, 4.69) is 15.5 Å². The van der Waals surface area contributed by atoms with Crippen molar-refractivity contribution in [2.24, 2.45) is 4.99 Å². The fourth-order valence-corrected chi connectivity index (χ4v) is 3.51. The lowest BCUT2D eigenvalue weighted by molar-refractivity contribution is 0.0170. The van der Waals surface area contributed by atoms with Gasteiger partial charge in [-0.05, 0) is 42.3 Å². The fourth-order valence-electron chi connectivity index (χ4n) is 3.51. The molecule has 2 aromatic rings. The maximum atomic E-state index is 13.4. The van der Waals surface area contributed by atoms with Crippen molar-refractivity contribution in [3.8, 4) is 5.75 Å². The van der Waals surface area contributed by atoms with Crippen molar-refractivity contribution in [3.05, 3.63) is 65.5 Å². The number of rotatable bonds is 8. The summed E-state index contributed by atoms with van der Waals surface area (Å²) in [5.41, 5.74) is 2.16. The number of methoxy groups -OCH3 is 1. The number of halogens is 2. The van der Waals surface area contributed by atoms with Gasteiger partial charge < -0.3 is 20.1 Å². The molecule has 1 saturated heterocycles. The summed E-state index contributed by atoms with van der Waals surface area (Å²) in [5, 5.41) is 6.77. The van der Waals surface area contributed by atoms with Crippen LogP contribution >= 0.6 is 24.0 Å². The van der Waals surface area contributed by atoms with Crippen molar-refractivity contribution in [2.75, 3.05) is 46.5 Å². The van der Waals surface area contributed by atoms with Gasteiger partial charge in [-0.2, -0.15) is 0 Å². The first-order valence-electron chi connectivity index (χ1n) is 10.4. The monoisotopic (exact) mass is 542 g/mol. The van der Waals surface area contributed by atoms with Crippen molar-refractivity contribution >= 4 is 29.9 Å². The number of hydrogen-bond donors (Lipinski definition) is 2. The highest BCUT2D eigenvalue weighted by atomic mass is 127. The number of morpholine rings is 1. The Morgan fingerprint density at radius 3 is 2.58 bits per heavy atom. The van der Waals surface area contributed by atoms with Crippen LogP contribution in [0.1, 0.15) is 24.1 Å². The Kier molecular flexibility index (Phi) is 11.0. The zero-order chi connectivity index (χ0) is 21.2. The molecule has 1 fully saturated rings. The van der Waals surface area contributed by atoms with Crippen molar-refractivity contribution in [3.63, 3.8) is 0 Å². The smallest absolute Gasteiger partial charge is 0.191 e. The average Bonchev–Trinajstić information content (AvgIpc) is 2.79. The molecular weight excluding hydrogens is 510 g/mol.